The monoisotopic (exact) mass is 421 g/mol. The summed E-state index contributed by atoms with van der Waals surface area (Å²) in [5.74, 6) is 3.92. The fourth-order valence-corrected chi connectivity index (χ4v) is 7.05. The first-order chi connectivity index (χ1) is 13.6. The van der Waals surface area contributed by atoms with E-state index in [-0.39, 0.29) is 5.91 Å². The lowest BCUT2D eigenvalue weighted by molar-refractivity contribution is -0.118. The predicted molar refractivity (Wildman–Crippen MR) is 114 cm³/mol. The van der Waals surface area contributed by atoms with E-state index in [1.807, 2.05) is 0 Å². The molecule has 0 aromatic heterocycles. The zero-order valence-electron chi connectivity index (χ0n) is 16.2. The van der Waals surface area contributed by atoms with Crippen LogP contribution in [-0.4, -0.2) is 54.5 Å². The van der Waals surface area contributed by atoms with Gasteiger partial charge in [-0.1, -0.05) is 29.3 Å². The Morgan fingerprint density at radius 2 is 1.61 bits per heavy atom. The van der Waals surface area contributed by atoms with E-state index in [2.05, 4.69) is 15.1 Å². The first kappa shape index (κ1) is 19.2. The number of carbonyl (C=O) groups excluding carboxylic acids is 1. The van der Waals surface area contributed by atoms with Crippen LogP contribution in [0.5, 0.6) is 0 Å². The second kappa shape index (κ2) is 7.79. The van der Waals surface area contributed by atoms with Crippen LogP contribution in [0.1, 0.15) is 32.1 Å². The SMILES string of the molecule is O=C(CN1CCN(C2C3CC4CC(C3)CC2C4)CC1)Nc1cccc(Cl)c1Cl. The van der Waals surface area contributed by atoms with Crippen LogP contribution in [0.4, 0.5) is 5.69 Å². The minimum atomic E-state index is -0.0211. The predicted octanol–water partition coefficient (Wildman–Crippen LogP) is 4.37. The van der Waals surface area contributed by atoms with Crippen LogP contribution in [0.25, 0.3) is 0 Å². The van der Waals surface area contributed by atoms with Gasteiger partial charge in [-0.3, -0.25) is 14.6 Å². The van der Waals surface area contributed by atoms with E-state index >= 15 is 0 Å². The average Bonchev–Trinajstić information content (AvgIpc) is 2.66. The number of piperazine rings is 1. The number of hydrogen-bond donors (Lipinski definition) is 1. The molecule has 1 heterocycles. The van der Waals surface area contributed by atoms with Crippen molar-refractivity contribution in [1.82, 2.24) is 9.80 Å². The van der Waals surface area contributed by atoms with Gasteiger partial charge in [0, 0.05) is 32.2 Å². The summed E-state index contributed by atoms with van der Waals surface area (Å²) in [7, 11) is 0. The molecule has 28 heavy (non-hydrogen) atoms. The van der Waals surface area contributed by atoms with Gasteiger partial charge in [0.25, 0.3) is 0 Å². The molecule has 4 nitrogen and oxygen atoms in total. The van der Waals surface area contributed by atoms with Crippen LogP contribution in [0.2, 0.25) is 10.0 Å². The summed E-state index contributed by atoms with van der Waals surface area (Å²) in [6.07, 6.45) is 7.40. The fraction of sp³-hybridized carbons (Fsp3) is 0.682. The molecular weight excluding hydrogens is 393 g/mol. The number of nitrogens with one attached hydrogen (secondary N) is 1. The molecule has 1 aliphatic heterocycles. The smallest absolute Gasteiger partial charge is 0.238 e. The van der Waals surface area contributed by atoms with Crippen LogP contribution in [0.3, 0.4) is 0 Å². The molecule has 1 amide bonds. The molecule has 5 aliphatic rings. The maximum Gasteiger partial charge on any atom is 0.238 e. The molecule has 1 aromatic carbocycles. The van der Waals surface area contributed by atoms with Gasteiger partial charge < -0.3 is 5.32 Å². The number of carbonyl (C=O) groups is 1. The summed E-state index contributed by atoms with van der Waals surface area (Å²) in [6.45, 7) is 4.55. The number of rotatable bonds is 4. The summed E-state index contributed by atoms with van der Waals surface area (Å²) in [4.78, 5) is 17.5. The Morgan fingerprint density at radius 1 is 0.964 bits per heavy atom. The lowest BCUT2D eigenvalue weighted by atomic mass is 9.54. The molecule has 1 saturated heterocycles. The molecule has 5 fully saturated rings. The van der Waals surface area contributed by atoms with Crippen molar-refractivity contribution in [3.63, 3.8) is 0 Å². The number of amides is 1. The van der Waals surface area contributed by atoms with Gasteiger partial charge in [0.2, 0.25) is 5.91 Å². The Morgan fingerprint density at radius 3 is 2.25 bits per heavy atom. The van der Waals surface area contributed by atoms with E-state index < -0.39 is 0 Å². The van der Waals surface area contributed by atoms with E-state index in [1.165, 1.54) is 32.1 Å². The maximum absolute atomic E-state index is 12.5. The number of anilines is 1. The topological polar surface area (TPSA) is 35.6 Å². The Balaban J connectivity index is 1.13. The van der Waals surface area contributed by atoms with E-state index in [9.17, 15) is 4.79 Å². The summed E-state index contributed by atoms with van der Waals surface area (Å²) in [5, 5.41) is 3.77. The van der Waals surface area contributed by atoms with Crippen LogP contribution < -0.4 is 5.32 Å². The highest BCUT2D eigenvalue weighted by Crippen LogP contribution is 2.55. The molecule has 0 unspecified atom stereocenters. The third-order valence-electron chi connectivity index (χ3n) is 7.60. The largest absolute Gasteiger partial charge is 0.324 e. The number of benzene rings is 1. The molecular formula is C22H29Cl2N3O. The highest BCUT2D eigenvalue weighted by Gasteiger charge is 2.50. The molecule has 1 N–H and O–H groups in total. The van der Waals surface area contributed by atoms with Gasteiger partial charge in [0.1, 0.15) is 0 Å². The van der Waals surface area contributed by atoms with Crippen LogP contribution in [0.15, 0.2) is 18.2 Å². The van der Waals surface area contributed by atoms with Crippen molar-refractivity contribution in [2.24, 2.45) is 23.7 Å². The number of halogens is 2. The van der Waals surface area contributed by atoms with Crippen molar-refractivity contribution >= 4 is 34.8 Å². The van der Waals surface area contributed by atoms with Crippen LogP contribution >= 0.6 is 23.2 Å². The number of hydrogen-bond acceptors (Lipinski definition) is 3. The van der Waals surface area contributed by atoms with Crippen LogP contribution in [-0.2, 0) is 4.79 Å². The highest BCUT2D eigenvalue weighted by molar-refractivity contribution is 6.44. The molecule has 0 radical (unpaired) electrons. The number of nitrogens with zero attached hydrogens (tertiary/aromatic N) is 2. The zero-order chi connectivity index (χ0) is 19.3. The molecule has 152 valence electrons. The maximum atomic E-state index is 12.5. The average molecular weight is 422 g/mol. The minimum Gasteiger partial charge on any atom is -0.324 e. The summed E-state index contributed by atoms with van der Waals surface area (Å²) in [5.41, 5.74) is 0.589. The van der Waals surface area contributed by atoms with E-state index in [4.69, 9.17) is 23.2 Å². The standard InChI is InChI=1S/C22H29Cl2N3O/c23-18-2-1-3-19(21(18)24)25-20(28)13-26-4-6-27(7-5-26)22-16-9-14-8-15(11-16)12-17(22)10-14/h1-3,14-17,22H,4-13H2,(H,25,28). The normalized spacial score (nSPS) is 35.3. The molecule has 1 aromatic rings. The van der Waals surface area contributed by atoms with Gasteiger partial charge in [-0.2, -0.15) is 0 Å². The van der Waals surface area contributed by atoms with Crippen molar-refractivity contribution in [2.75, 3.05) is 38.0 Å². The van der Waals surface area contributed by atoms with Gasteiger partial charge in [0.15, 0.2) is 0 Å². The van der Waals surface area contributed by atoms with Gasteiger partial charge in [-0.15, -0.1) is 0 Å². The molecule has 4 saturated carbocycles. The molecule has 4 aliphatic carbocycles. The quantitative estimate of drug-likeness (QED) is 0.783. The van der Waals surface area contributed by atoms with E-state index in [1.54, 1.807) is 18.2 Å². The highest BCUT2D eigenvalue weighted by atomic mass is 35.5. The molecule has 0 atom stereocenters. The van der Waals surface area contributed by atoms with Crippen molar-refractivity contribution in [2.45, 2.75) is 38.1 Å². The van der Waals surface area contributed by atoms with Crippen LogP contribution in [0, 0.1) is 23.7 Å². The third-order valence-corrected chi connectivity index (χ3v) is 8.42. The van der Waals surface area contributed by atoms with Gasteiger partial charge in [-0.25, -0.2) is 0 Å². The lowest BCUT2D eigenvalue weighted by Crippen LogP contribution is -2.60. The molecule has 6 heteroatoms. The van der Waals surface area contributed by atoms with Crippen molar-refractivity contribution in [1.29, 1.82) is 0 Å². The molecule has 4 bridgehead atoms. The third kappa shape index (κ3) is 3.69. The summed E-state index contributed by atoms with van der Waals surface area (Å²) < 4.78 is 0. The molecule has 0 spiro atoms. The molecule has 6 rings (SSSR count). The van der Waals surface area contributed by atoms with Gasteiger partial charge >= 0.3 is 0 Å². The second-order valence-electron chi connectivity index (χ2n) is 9.38. The fourth-order valence-electron chi connectivity index (χ4n) is 6.71. The van der Waals surface area contributed by atoms with Crippen molar-refractivity contribution < 1.29 is 4.79 Å². The Bertz CT molecular complexity index is 719. The van der Waals surface area contributed by atoms with Crippen molar-refractivity contribution in [3.05, 3.63) is 28.2 Å². The Hall–Kier alpha value is -0.810. The summed E-state index contributed by atoms with van der Waals surface area (Å²) in [6, 6.07) is 6.13. The first-order valence-electron chi connectivity index (χ1n) is 10.8. The zero-order valence-corrected chi connectivity index (χ0v) is 17.8. The van der Waals surface area contributed by atoms with E-state index in [0.29, 0.717) is 22.3 Å². The first-order valence-corrected chi connectivity index (χ1v) is 11.5. The lowest BCUT2D eigenvalue weighted by Gasteiger charge is -2.58. The van der Waals surface area contributed by atoms with Gasteiger partial charge in [-0.05, 0) is 67.9 Å². The van der Waals surface area contributed by atoms with Crippen molar-refractivity contribution in [3.8, 4) is 0 Å². The second-order valence-corrected chi connectivity index (χ2v) is 10.2. The Kier molecular flexibility index (Phi) is 5.33. The minimum absolute atomic E-state index is 0.0211. The van der Waals surface area contributed by atoms with Gasteiger partial charge in [0.05, 0.1) is 22.3 Å². The summed E-state index contributed by atoms with van der Waals surface area (Å²) >= 11 is 12.2. The van der Waals surface area contributed by atoms with E-state index in [0.717, 1.165) is 55.9 Å². The Labute approximate surface area is 177 Å².